The molecular weight excluding hydrogens is 135 g/mol. The van der Waals surface area contributed by atoms with Gasteiger partial charge in [-0.15, -0.1) is 0 Å². The average Bonchev–Trinajstić information content (AvgIpc) is 1.65. The zero-order valence-corrected chi connectivity index (χ0v) is 7.05. The summed E-state index contributed by atoms with van der Waals surface area (Å²) in [6.45, 7) is -0.719. The van der Waals surface area contributed by atoms with Gasteiger partial charge in [0, 0.05) is 0 Å². The molecule has 48 valence electrons. The van der Waals surface area contributed by atoms with E-state index >= 15 is 0 Å². The molecule has 0 spiro atoms. The van der Waals surface area contributed by atoms with Crippen LogP contribution >= 0.6 is 0 Å². The van der Waals surface area contributed by atoms with Crippen molar-refractivity contribution >= 4 is 11.9 Å². The molecule has 0 aliphatic carbocycles. The monoisotopic (exact) mass is 142 g/mol. The quantitative estimate of drug-likeness (QED) is 0.321. The van der Waals surface area contributed by atoms with E-state index < -0.39 is 18.5 Å². The van der Waals surface area contributed by atoms with Crippen molar-refractivity contribution in [1.29, 1.82) is 0 Å². The normalized spacial score (nSPS) is 7.22. The van der Waals surface area contributed by atoms with Crippen LogP contribution in [-0.2, 0) is 4.79 Å². The summed E-state index contributed by atoms with van der Waals surface area (Å²) in [5.41, 5.74) is 4.49. The maximum absolute atomic E-state index is 9.96. The minimum Gasteiger partial charge on any atom is -1.00 e. The molecule has 0 saturated carbocycles. The number of carbonyl (C=O) groups is 2. The topological polar surface area (TPSA) is 92.4 Å². The van der Waals surface area contributed by atoms with E-state index in [0.29, 0.717) is 0 Å². The second-order valence-corrected chi connectivity index (χ2v) is 1.07. The first kappa shape index (κ1) is 11.7. The van der Waals surface area contributed by atoms with Gasteiger partial charge < -0.3 is 12.3 Å². The van der Waals surface area contributed by atoms with Gasteiger partial charge in [-0.2, -0.15) is 0 Å². The average molecular weight is 142 g/mol. The van der Waals surface area contributed by atoms with Crippen molar-refractivity contribution < 1.29 is 45.7 Å². The molecule has 0 atom stereocenters. The van der Waals surface area contributed by atoms with Crippen molar-refractivity contribution in [1.82, 2.24) is 5.32 Å². The number of hydrogen-bond acceptors (Lipinski definition) is 3. The van der Waals surface area contributed by atoms with Gasteiger partial charge in [-0.1, -0.05) is 0 Å². The van der Waals surface area contributed by atoms with Crippen LogP contribution in [0.15, 0.2) is 0 Å². The third kappa shape index (κ3) is 7.90. The van der Waals surface area contributed by atoms with Crippen LogP contribution in [0.25, 0.3) is 0 Å². The minimum atomic E-state index is -0.955. The van der Waals surface area contributed by atoms with Gasteiger partial charge in [0.2, 0.25) is 0 Å². The Morgan fingerprint density at radius 1 is 1.67 bits per heavy atom. The van der Waals surface area contributed by atoms with Crippen molar-refractivity contribution in [3.05, 3.63) is 0 Å². The summed E-state index contributed by atoms with van der Waals surface area (Å²) < 4.78 is 0. The molecule has 4 N–H and O–H groups in total. The van der Waals surface area contributed by atoms with Crippen LogP contribution in [-0.4, -0.2) is 23.7 Å². The van der Waals surface area contributed by atoms with Gasteiger partial charge in [-0.3, -0.25) is 10.1 Å². The van der Waals surface area contributed by atoms with Crippen molar-refractivity contribution in [2.24, 2.45) is 5.73 Å². The molecule has 0 aromatic heterocycles. The van der Waals surface area contributed by atoms with Gasteiger partial charge in [0.05, 0.1) is 0 Å². The summed E-state index contributed by atoms with van der Waals surface area (Å²) in [6.07, 6.45) is 0. The molecule has 0 rings (SSSR count). The Balaban J connectivity index is -0.000000245. The van der Waals surface area contributed by atoms with E-state index in [4.69, 9.17) is 5.11 Å². The van der Waals surface area contributed by atoms with Gasteiger partial charge in [-0.25, -0.2) is 4.79 Å². The Kier molecular flexibility index (Phi) is 7.81. The van der Waals surface area contributed by atoms with Crippen LogP contribution in [0, 0.1) is 0 Å². The first-order valence-corrected chi connectivity index (χ1v) is 1.87. The number of hydrogen-bond donors (Lipinski definition) is 3. The zero-order chi connectivity index (χ0) is 6.57. The maximum atomic E-state index is 9.96. The standard InChI is InChI=1S/C3H6N2O3.Na.H/c4-3(8)5-2(7)1-6;;/h6H,1H2,(H3,4,5,7,8);;/q;+1;-1. The van der Waals surface area contributed by atoms with E-state index in [2.05, 4.69) is 5.73 Å². The summed E-state index contributed by atoms with van der Waals surface area (Å²) in [4.78, 5) is 19.7. The molecule has 0 aliphatic heterocycles. The van der Waals surface area contributed by atoms with E-state index in [1.807, 2.05) is 0 Å². The number of rotatable bonds is 1. The third-order valence-corrected chi connectivity index (χ3v) is 0.406. The van der Waals surface area contributed by atoms with Gasteiger partial charge in [0.25, 0.3) is 5.91 Å². The molecule has 0 saturated heterocycles. The molecule has 6 heteroatoms. The number of primary amides is 1. The Bertz CT molecular complexity index is 120. The van der Waals surface area contributed by atoms with Crippen LogP contribution in [0.4, 0.5) is 4.79 Å². The smallest absolute Gasteiger partial charge is 1.00 e. The molecule has 0 aromatic carbocycles. The zero-order valence-electron chi connectivity index (χ0n) is 6.05. The van der Waals surface area contributed by atoms with Crippen LogP contribution in [0.2, 0.25) is 0 Å². The number of aliphatic hydroxyl groups is 1. The molecule has 0 aliphatic rings. The number of nitrogens with one attached hydrogen (secondary N) is 1. The van der Waals surface area contributed by atoms with Crippen LogP contribution < -0.4 is 40.6 Å². The molecular formula is C3H7N2NaO3. The summed E-state index contributed by atoms with van der Waals surface area (Å²) in [7, 11) is 0. The van der Waals surface area contributed by atoms with Gasteiger partial charge in [-0.05, 0) is 0 Å². The minimum absolute atomic E-state index is 0. The van der Waals surface area contributed by atoms with Crippen LogP contribution in [0.5, 0.6) is 0 Å². The van der Waals surface area contributed by atoms with Gasteiger partial charge in [0.15, 0.2) is 0 Å². The van der Waals surface area contributed by atoms with Crippen molar-refractivity contribution in [3.8, 4) is 0 Å². The van der Waals surface area contributed by atoms with E-state index in [9.17, 15) is 9.59 Å². The van der Waals surface area contributed by atoms with E-state index in [0.717, 1.165) is 0 Å². The fourth-order valence-corrected chi connectivity index (χ4v) is 0.177. The molecule has 0 fully saturated rings. The number of nitrogens with two attached hydrogens (primary N) is 1. The number of aliphatic hydroxyl groups excluding tert-OH is 1. The summed E-state index contributed by atoms with van der Waals surface area (Å²) in [6, 6.07) is -0.955. The van der Waals surface area contributed by atoms with Crippen molar-refractivity contribution in [3.63, 3.8) is 0 Å². The summed E-state index contributed by atoms with van der Waals surface area (Å²) >= 11 is 0. The maximum Gasteiger partial charge on any atom is 1.00 e. The summed E-state index contributed by atoms with van der Waals surface area (Å²) in [5.74, 6) is -0.794. The fraction of sp³-hybridized carbons (Fsp3) is 0.333. The van der Waals surface area contributed by atoms with E-state index in [-0.39, 0.29) is 31.0 Å². The predicted octanol–water partition coefficient (Wildman–Crippen LogP) is -4.71. The second kappa shape index (κ2) is 6.03. The largest absolute Gasteiger partial charge is 1.00 e. The molecule has 0 radical (unpaired) electrons. The van der Waals surface area contributed by atoms with Crippen LogP contribution in [0.3, 0.4) is 0 Å². The number of urea groups is 1. The molecule has 0 unspecified atom stereocenters. The van der Waals surface area contributed by atoms with Gasteiger partial charge >= 0.3 is 35.6 Å². The number of carbonyl (C=O) groups excluding carboxylic acids is 2. The summed E-state index contributed by atoms with van der Waals surface area (Å²) in [5, 5.41) is 9.61. The second-order valence-electron chi connectivity index (χ2n) is 1.07. The Morgan fingerprint density at radius 2 is 2.11 bits per heavy atom. The Morgan fingerprint density at radius 3 is 2.22 bits per heavy atom. The molecule has 9 heavy (non-hydrogen) atoms. The number of imide groups is 1. The van der Waals surface area contributed by atoms with Crippen molar-refractivity contribution in [2.75, 3.05) is 6.61 Å². The van der Waals surface area contributed by atoms with E-state index in [1.165, 1.54) is 0 Å². The Hall–Kier alpha value is -0.100. The predicted molar refractivity (Wildman–Crippen MR) is 25.9 cm³/mol. The molecule has 0 heterocycles. The first-order chi connectivity index (χ1) is 3.66. The third-order valence-electron chi connectivity index (χ3n) is 0.406. The fourth-order valence-electron chi connectivity index (χ4n) is 0.177. The molecule has 0 aromatic rings. The first-order valence-electron chi connectivity index (χ1n) is 1.87. The van der Waals surface area contributed by atoms with Gasteiger partial charge in [0.1, 0.15) is 6.61 Å². The van der Waals surface area contributed by atoms with Crippen LogP contribution in [0.1, 0.15) is 1.43 Å². The van der Waals surface area contributed by atoms with Crippen molar-refractivity contribution in [2.45, 2.75) is 0 Å². The SMILES string of the molecule is NC(=O)NC(=O)CO.[H-].[Na+]. The Labute approximate surface area is 75.4 Å². The molecule has 5 nitrogen and oxygen atoms in total. The molecule has 3 amide bonds. The van der Waals surface area contributed by atoms with E-state index in [1.54, 1.807) is 5.32 Å². The molecule has 0 bridgehead atoms. The number of amides is 3.